The van der Waals surface area contributed by atoms with E-state index in [-0.39, 0.29) is 5.82 Å². The Hall–Kier alpha value is -1.87. The molecule has 1 aliphatic rings. The van der Waals surface area contributed by atoms with Crippen molar-refractivity contribution in [3.63, 3.8) is 0 Å². The van der Waals surface area contributed by atoms with Crippen molar-refractivity contribution in [3.8, 4) is 5.75 Å². The molecule has 0 saturated heterocycles. The van der Waals surface area contributed by atoms with Gasteiger partial charge in [0, 0.05) is 0 Å². The summed E-state index contributed by atoms with van der Waals surface area (Å²) in [6, 6.07) is 13.3. The third-order valence-corrected chi connectivity index (χ3v) is 3.19. The molecule has 1 saturated carbocycles. The molecule has 0 aromatic heterocycles. The first kappa shape index (κ1) is 12.2. The summed E-state index contributed by atoms with van der Waals surface area (Å²) in [5.41, 5.74) is 1.43. The van der Waals surface area contributed by atoms with Crippen molar-refractivity contribution in [1.29, 1.82) is 0 Å². The van der Waals surface area contributed by atoms with Crippen molar-refractivity contribution in [2.45, 2.75) is 25.0 Å². The van der Waals surface area contributed by atoms with Crippen LogP contribution in [0, 0.1) is 5.82 Å². The monoisotopic (exact) mass is 258 g/mol. The van der Waals surface area contributed by atoms with E-state index in [1.165, 1.54) is 12.1 Å². The summed E-state index contributed by atoms with van der Waals surface area (Å²) in [5, 5.41) is 10.3. The Morgan fingerprint density at radius 1 is 1.05 bits per heavy atom. The van der Waals surface area contributed by atoms with E-state index in [9.17, 15) is 9.50 Å². The highest BCUT2D eigenvalue weighted by molar-refractivity contribution is 5.35. The maximum Gasteiger partial charge on any atom is 0.123 e. The van der Waals surface area contributed by atoms with Crippen LogP contribution in [0.1, 0.15) is 30.1 Å². The molecule has 0 radical (unpaired) electrons. The zero-order valence-electron chi connectivity index (χ0n) is 10.4. The Balaban J connectivity index is 1.81. The van der Waals surface area contributed by atoms with E-state index in [0.717, 1.165) is 24.2 Å². The molecule has 0 bridgehead atoms. The van der Waals surface area contributed by atoms with Gasteiger partial charge in [-0.2, -0.15) is 0 Å². The summed E-state index contributed by atoms with van der Waals surface area (Å²) in [4.78, 5) is 0. The van der Waals surface area contributed by atoms with Crippen molar-refractivity contribution in [2.24, 2.45) is 0 Å². The van der Waals surface area contributed by atoms with Gasteiger partial charge in [0.15, 0.2) is 0 Å². The Morgan fingerprint density at radius 2 is 1.79 bits per heavy atom. The summed E-state index contributed by atoms with van der Waals surface area (Å²) in [6.45, 7) is 0. The molecule has 2 nitrogen and oxygen atoms in total. The van der Waals surface area contributed by atoms with Gasteiger partial charge < -0.3 is 9.84 Å². The van der Waals surface area contributed by atoms with Gasteiger partial charge in [0.25, 0.3) is 0 Å². The minimum Gasteiger partial charge on any atom is -0.490 e. The molecule has 2 aromatic carbocycles. The molecule has 2 aromatic rings. The highest BCUT2D eigenvalue weighted by atomic mass is 19.1. The Labute approximate surface area is 111 Å². The van der Waals surface area contributed by atoms with Gasteiger partial charge in [-0.25, -0.2) is 4.39 Å². The molecule has 1 N–H and O–H groups in total. The number of aliphatic hydroxyl groups is 1. The van der Waals surface area contributed by atoms with Crippen LogP contribution in [0.25, 0.3) is 0 Å². The number of rotatable bonds is 4. The second-order valence-corrected chi connectivity index (χ2v) is 4.84. The Morgan fingerprint density at radius 3 is 2.47 bits per heavy atom. The van der Waals surface area contributed by atoms with Gasteiger partial charge in [-0.3, -0.25) is 0 Å². The van der Waals surface area contributed by atoms with Crippen LogP contribution in [0.5, 0.6) is 5.75 Å². The van der Waals surface area contributed by atoms with Gasteiger partial charge in [-0.05, 0) is 48.2 Å². The molecule has 1 unspecified atom stereocenters. The second-order valence-electron chi connectivity index (χ2n) is 4.84. The molecule has 1 atom stereocenters. The fourth-order valence-electron chi connectivity index (χ4n) is 1.97. The lowest BCUT2D eigenvalue weighted by Crippen LogP contribution is -2.01. The number of benzene rings is 2. The van der Waals surface area contributed by atoms with Crippen LogP contribution >= 0.6 is 0 Å². The number of aliphatic hydroxyl groups excluding tert-OH is 1. The second kappa shape index (κ2) is 5.02. The van der Waals surface area contributed by atoms with E-state index in [1.807, 2.05) is 24.3 Å². The third-order valence-electron chi connectivity index (χ3n) is 3.19. The molecule has 98 valence electrons. The number of hydrogen-bond acceptors (Lipinski definition) is 2. The van der Waals surface area contributed by atoms with Crippen LogP contribution in [-0.4, -0.2) is 11.2 Å². The number of ether oxygens (including phenoxy) is 1. The predicted octanol–water partition coefficient (Wildman–Crippen LogP) is 3.45. The molecule has 0 heterocycles. The lowest BCUT2D eigenvalue weighted by molar-refractivity contribution is 0.219. The normalized spacial score (nSPS) is 16.1. The molecule has 3 rings (SSSR count). The number of hydrogen-bond donors (Lipinski definition) is 1. The SMILES string of the molecule is OC(c1ccc(F)cc1)c1cccc(OC2CC2)c1. The molecule has 3 heteroatoms. The lowest BCUT2D eigenvalue weighted by atomic mass is 10.0. The van der Waals surface area contributed by atoms with Crippen molar-refractivity contribution in [2.75, 3.05) is 0 Å². The smallest absolute Gasteiger partial charge is 0.123 e. The van der Waals surface area contributed by atoms with Gasteiger partial charge in [-0.15, -0.1) is 0 Å². The van der Waals surface area contributed by atoms with E-state index in [2.05, 4.69) is 0 Å². The van der Waals surface area contributed by atoms with Crippen molar-refractivity contribution in [1.82, 2.24) is 0 Å². The van der Waals surface area contributed by atoms with E-state index < -0.39 is 6.10 Å². The first-order chi connectivity index (χ1) is 9.22. The van der Waals surface area contributed by atoms with E-state index in [4.69, 9.17) is 4.74 Å². The fraction of sp³-hybridized carbons (Fsp3) is 0.250. The van der Waals surface area contributed by atoms with Gasteiger partial charge in [0.05, 0.1) is 6.10 Å². The van der Waals surface area contributed by atoms with Crippen LogP contribution in [0.2, 0.25) is 0 Å². The molecule has 0 aliphatic heterocycles. The maximum atomic E-state index is 12.9. The molecule has 0 amide bonds. The quantitative estimate of drug-likeness (QED) is 0.910. The molecular formula is C16H15FO2. The zero-order chi connectivity index (χ0) is 13.2. The minimum absolute atomic E-state index is 0.304. The first-order valence-electron chi connectivity index (χ1n) is 6.42. The highest BCUT2D eigenvalue weighted by Crippen LogP contribution is 2.29. The van der Waals surface area contributed by atoms with Crippen LogP contribution < -0.4 is 4.74 Å². The van der Waals surface area contributed by atoms with Crippen LogP contribution in [0.3, 0.4) is 0 Å². The average molecular weight is 258 g/mol. The number of halogens is 1. The van der Waals surface area contributed by atoms with Crippen molar-refractivity contribution >= 4 is 0 Å². The Kier molecular flexibility index (Phi) is 3.22. The minimum atomic E-state index is -0.761. The van der Waals surface area contributed by atoms with E-state index >= 15 is 0 Å². The Bertz CT molecular complexity index is 561. The van der Waals surface area contributed by atoms with Crippen molar-refractivity contribution in [3.05, 3.63) is 65.5 Å². The average Bonchev–Trinajstić information content (AvgIpc) is 3.23. The molecular weight excluding hydrogens is 243 g/mol. The first-order valence-corrected chi connectivity index (χ1v) is 6.42. The van der Waals surface area contributed by atoms with Gasteiger partial charge in [0.2, 0.25) is 0 Å². The summed E-state index contributed by atoms with van der Waals surface area (Å²) < 4.78 is 18.6. The topological polar surface area (TPSA) is 29.5 Å². The summed E-state index contributed by atoms with van der Waals surface area (Å²) >= 11 is 0. The standard InChI is InChI=1S/C16H15FO2/c17-13-6-4-11(5-7-13)16(18)12-2-1-3-15(10-12)19-14-8-9-14/h1-7,10,14,16,18H,8-9H2. The van der Waals surface area contributed by atoms with Crippen molar-refractivity contribution < 1.29 is 14.2 Å². The molecule has 1 fully saturated rings. The van der Waals surface area contributed by atoms with E-state index in [1.54, 1.807) is 12.1 Å². The van der Waals surface area contributed by atoms with Crippen LogP contribution in [0.4, 0.5) is 4.39 Å². The fourth-order valence-corrected chi connectivity index (χ4v) is 1.97. The molecule has 0 spiro atoms. The van der Waals surface area contributed by atoms with Gasteiger partial charge >= 0.3 is 0 Å². The third kappa shape index (κ3) is 2.93. The summed E-state index contributed by atoms with van der Waals surface area (Å²) in [5.74, 6) is 0.475. The zero-order valence-corrected chi connectivity index (χ0v) is 10.4. The van der Waals surface area contributed by atoms with Crippen LogP contribution in [-0.2, 0) is 0 Å². The summed E-state index contributed by atoms with van der Waals surface area (Å²) in [7, 11) is 0. The molecule has 19 heavy (non-hydrogen) atoms. The highest BCUT2D eigenvalue weighted by Gasteiger charge is 2.23. The van der Waals surface area contributed by atoms with E-state index in [0.29, 0.717) is 11.7 Å². The summed E-state index contributed by atoms with van der Waals surface area (Å²) in [6.07, 6.45) is 1.77. The lowest BCUT2D eigenvalue weighted by Gasteiger charge is -2.13. The van der Waals surface area contributed by atoms with Crippen LogP contribution in [0.15, 0.2) is 48.5 Å². The largest absolute Gasteiger partial charge is 0.490 e. The molecule has 1 aliphatic carbocycles. The van der Waals surface area contributed by atoms with Gasteiger partial charge in [0.1, 0.15) is 17.7 Å². The maximum absolute atomic E-state index is 12.9. The predicted molar refractivity (Wildman–Crippen MR) is 70.6 cm³/mol. The van der Waals surface area contributed by atoms with Gasteiger partial charge in [-0.1, -0.05) is 24.3 Å².